The third kappa shape index (κ3) is 4.68. The van der Waals surface area contributed by atoms with Crippen LogP contribution in [0.3, 0.4) is 0 Å². The lowest BCUT2D eigenvalue weighted by Crippen LogP contribution is -2.66. The van der Waals surface area contributed by atoms with Crippen molar-refractivity contribution in [3.63, 3.8) is 0 Å². The topological polar surface area (TPSA) is 85.2 Å². The molecule has 2 N–H and O–H groups in total. The second-order valence-electron chi connectivity index (χ2n) is 14.4. The molecule has 7 heteroatoms. The number of Topliss-reactive ketones (excluding diaryl/α,β-unsaturated/α-hetero) is 1. The Labute approximate surface area is 256 Å². The Morgan fingerprint density at radius 3 is 2.52 bits per heavy atom. The zero-order valence-electron chi connectivity index (χ0n) is 26.1. The van der Waals surface area contributed by atoms with Gasteiger partial charge >= 0.3 is 0 Å². The first-order chi connectivity index (χ1) is 19.9. The number of aliphatic hydroxyl groups is 2. The van der Waals surface area contributed by atoms with E-state index in [1.807, 2.05) is 13.0 Å². The number of ketones is 1. The molecule has 13 atom stereocenters. The van der Waals surface area contributed by atoms with Crippen molar-refractivity contribution in [2.45, 2.75) is 126 Å². The summed E-state index contributed by atoms with van der Waals surface area (Å²) >= 11 is 1.78. The van der Waals surface area contributed by atoms with Gasteiger partial charge in [-0.05, 0) is 88.2 Å². The molecule has 42 heavy (non-hydrogen) atoms. The summed E-state index contributed by atoms with van der Waals surface area (Å²) in [6, 6.07) is 10.4. The minimum atomic E-state index is -1.02. The molecule has 5 aliphatic rings. The Kier molecular flexibility index (Phi) is 8.28. The fraction of sp³-hybridized carbons (Fsp3) is 0.743. The quantitative estimate of drug-likeness (QED) is 0.378. The number of methoxy groups -OCH3 is 1. The van der Waals surface area contributed by atoms with Gasteiger partial charge in [0.1, 0.15) is 5.78 Å². The van der Waals surface area contributed by atoms with Crippen LogP contribution in [0.25, 0.3) is 0 Å². The number of hydrogen-bond acceptors (Lipinski definition) is 7. The Bertz CT molecular complexity index is 1190. The van der Waals surface area contributed by atoms with Gasteiger partial charge in [-0.2, -0.15) is 0 Å². The normalized spacial score (nSPS) is 48.5. The Morgan fingerprint density at radius 2 is 1.83 bits per heavy atom. The average Bonchev–Trinajstić information content (AvgIpc) is 3.25. The van der Waals surface area contributed by atoms with Gasteiger partial charge in [0.2, 0.25) is 0 Å². The van der Waals surface area contributed by atoms with Crippen LogP contribution >= 0.6 is 11.8 Å². The van der Waals surface area contributed by atoms with Gasteiger partial charge in [-0.3, -0.25) is 4.79 Å². The second kappa shape index (κ2) is 11.3. The number of benzene rings is 1. The highest BCUT2D eigenvalue weighted by atomic mass is 32.2. The van der Waals surface area contributed by atoms with Gasteiger partial charge in [0.15, 0.2) is 6.29 Å². The van der Waals surface area contributed by atoms with Crippen LogP contribution in [0.2, 0.25) is 0 Å². The summed E-state index contributed by atoms with van der Waals surface area (Å²) in [5.74, 6) is 0.299. The molecule has 0 radical (unpaired) electrons. The number of carbonyl (C=O) groups excluding carboxylic acids is 1. The van der Waals surface area contributed by atoms with Crippen LogP contribution in [-0.4, -0.2) is 64.7 Å². The van der Waals surface area contributed by atoms with E-state index in [-0.39, 0.29) is 64.7 Å². The minimum Gasteiger partial charge on any atom is -0.392 e. The molecule has 0 spiro atoms. The van der Waals surface area contributed by atoms with Gasteiger partial charge in [0.25, 0.3) is 0 Å². The largest absolute Gasteiger partial charge is 0.392 e. The molecule has 4 aliphatic carbocycles. The molecule has 4 fully saturated rings. The summed E-state index contributed by atoms with van der Waals surface area (Å²) in [6.07, 6.45) is 6.76. The molecule has 0 aromatic heterocycles. The third-order valence-corrected chi connectivity index (χ3v) is 14.0. The van der Waals surface area contributed by atoms with Crippen molar-refractivity contribution in [2.24, 2.45) is 34.5 Å². The van der Waals surface area contributed by atoms with E-state index in [0.717, 1.165) is 25.7 Å². The summed E-state index contributed by atoms with van der Waals surface area (Å²) in [5.41, 5.74) is -0.507. The first kappa shape index (κ1) is 30.8. The van der Waals surface area contributed by atoms with E-state index >= 15 is 0 Å². The molecule has 1 saturated heterocycles. The van der Waals surface area contributed by atoms with Gasteiger partial charge in [0.05, 0.1) is 35.3 Å². The first-order valence-electron chi connectivity index (χ1n) is 16.1. The molecule has 1 aromatic rings. The Hall–Kier alpha value is -1.22. The van der Waals surface area contributed by atoms with Crippen LogP contribution in [0.15, 0.2) is 46.9 Å². The molecule has 0 bridgehead atoms. The van der Waals surface area contributed by atoms with Crippen molar-refractivity contribution in [3.05, 3.63) is 42.0 Å². The number of carbonyl (C=O) groups is 1. The summed E-state index contributed by atoms with van der Waals surface area (Å²) < 4.78 is 19.5. The maximum atomic E-state index is 12.6. The molecule has 1 aromatic carbocycles. The fourth-order valence-electron chi connectivity index (χ4n) is 9.90. The van der Waals surface area contributed by atoms with Crippen LogP contribution in [0.4, 0.5) is 0 Å². The molecule has 6 rings (SSSR count). The van der Waals surface area contributed by atoms with E-state index in [2.05, 4.69) is 51.1 Å². The van der Waals surface area contributed by atoms with Crippen molar-refractivity contribution in [3.8, 4) is 0 Å². The van der Waals surface area contributed by atoms with Crippen molar-refractivity contribution in [1.29, 1.82) is 0 Å². The van der Waals surface area contributed by atoms with Crippen LogP contribution < -0.4 is 0 Å². The molecule has 232 valence electrons. The lowest BCUT2D eigenvalue weighted by atomic mass is 9.45. The number of rotatable bonds is 6. The number of thioether (sulfide) groups is 1. The summed E-state index contributed by atoms with van der Waals surface area (Å²) in [5, 5.41) is 23.9. The van der Waals surface area contributed by atoms with Crippen LogP contribution in [-0.2, 0) is 19.0 Å². The highest BCUT2D eigenvalue weighted by Gasteiger charge is 2.70. The average molecular weight is 599 g/mol. The smallest absolute Gasteiger partial charge is 0.172 e. The molecule has 0 amide bonds. The lowest BCUT2D eigenvalue weighted by Gasteiger charge is -2.62. The van der Waals surface area contributed by atoms with E-state index in [4.69, 9.17) is 14.2 Å². The van der Waals surface area contributed by atoms with Gasteiger partial charge in [-0.1, -0.05) is 50.6 Å². The summed E-state index contributed by atoms with van der Waals surface area (Å²) in [7, 11) is 1.80. The Balaban J connectivity index is 1.22. The number of allylic oxidation sites excluding steroid dienone is 1. The lowest BCUT2D eigenvalue weighted by molar-refractivity contribution is -0.250. The van der Waals surface area contributed by atoms with E-state index in [1.54, 1.807) is 25.8 Å². The SMILES string of the molecule is COC1C(C)C(C)OC(OC2CC[C@@]3(C)C(=CCC4C3C[C@@H](O)[C@]3(C)C(C(C)=O)CC[C@]43O)C2)C1Sc1ccccc1. The van der Waals surface area contributed by atoms with Gasteiger partial charge in [-0.25, -0.2) is 0 Å². The maximum Gasteiger partial charge on any atom is 0.172 e. The zero-order valence-corrected chi connectivity index (χ0v) is 26.9. The molecular weight excluding hydrogens is 548 g/mol. The second-order valence-corrected chi connectivity index (χ2v) is 15.7. The molecule has 1 heterocycles. The van der Waals surface area contributed by atoms with Crippen molar-refractivity contribution in [2.75, 3.05) is 7.11 Å². The molecule has 6 nitrogen and oxygen atoms in total. The van der Waals surface area contributed by atoms with Crippen LogP contribution in [0.1, 0.15) is 79.6 Å². The van der Waals surface area contributed by atoms with Gasteiger partial charge in [-0.15, -0.1) is 11.8 Å². The number of fused-ring (bicyclic) bond motifs is 5. The van der Waals surface area contributed by atoms with Crippen molar-refractivity contribution in [1.82, 2.24) is 0 Å². The monoisotopic (exact) mass is 598 g/mol. The maximum absolute atomic E-state index is 12.6. The fourth-order valence-corrected chi connectivity index (χ4v) is 11.3. The molecule has 3 saturated carbocycles. The van der Waals surface area contributed by atoms with E-state index in [9.17, 15) is 15.0 Å². The van der Waals surface area contributed by atoms with Crippen molar-refractivity contribution < 1.29 is 29.2 Å². The predicted molar refractivity (Wildman–Crippen MR) is 164 cm³/mol. The summed E-state index contributed by atoms with van der Waals surface area (Å²) in [6.45, 7) is 10.3. The highest BCUT2D eigenvalue weighted by Crippen LogP contribution is 2.68. The summed E-state index contributed by atoms with van der Waals surface area (Å²) in [4.78, 5) is 13.8. The molecule has 9 unspecified atom stereocenters. The number of hydrogen-bond donors (Lipinski definition) is 2. The molecule has 1 aliphatic heterocycles. The number of aliphatic hydroxyl groups excluding tert-OH is 1. The minimum absolute atomic E-state index is 0.0106. The predicted octanol–water partition coefficient (Wildman–Crippen LogP) is 6.18. The van der Waals surface area contributed by atoms with Crippen LogP contribution in [0.5, 0.6) is 0 Å². The number of ether oxygens (including phenoxy) is 3. The molecular formula is C35H50O6S. The van der Waals surface area contributed by atoms with E-state index < -0.39 is 17.1 Å². The van der Waals surface area contributed by atoms with Gasteiger partial charge in [0, 0.05) is 29.3 Å². The van der Waals surface area contributed by atoms with E-state index in [1.165, 1.54) is 10.5 Å². The first-order valence-corrected chi connectivity index (χ1v) is 17.0. The van der Waals surface area contributed by atoms with Crippen LogP contribution in [0, 0.1) is 34.5 Å². The zero-order chi connectivity index (χ0) is 30.0. The third-order valence-electron chi connectivity index (χ3n) is 12.6. The highest BCUT2D eigenvalue weighted by molar-refractivity contribution is 8.00. The van der Waals surface area contributed by atoms with E-state index in [0.29, 0.717) is 19.3 Å². The van der Waals surface area contributed by atoms with Crippen molar-refractivity contribution >= 4 is 17.5 Å². The van der Waals surface area contributed by atoms with Gasteiger partial charge < -0.3 is 24.4 Å². The Morgan fingerprint density at radius 1 is 1.10 bits per heavy atom. The standard InChI is InChI=1S/C35H50O6S/c1-20-22(3)40-32(31(30(20)39-6)42-25-10-8-7-9-11-25)41-24-14-16-33(4)23(18-24)12-13-27-28(33)19-29(37)34(5)26(21(2)36)15-17-35(27,34)38/h7-12,20,22,24,26-32,37-38H,13-19H2,1-6H3/t20?,22?,24?,26?,27?,28?,29-,30?,31?,32?,33+,34+,35+/m1/s1.